The Morgan fingerprint density at radius 3 is 2.06 bits per heavy atom. The van der Waals surface area contributed by atoms with Crippen LogP contribution in [0.25, 0.3) is 0 Å². The first-order valence-corrected chi connectivity index (χ1v) is 5.66. The summed E-state index contributed by atoms with van der Waals surface area (Å²) >= 11 is 0. The molecule has 0 saturated carbocycles. The van der Waals surface area contributed by atoms with Crippen LogP contribution in [-0.4, -0.2) is 12.6 Å². The third-order valence-corrected chi connectivity index (χ3v) is 3.60. The molecule has 86 valence electrons. The number of carbonyl (C=O) groups is 2. The molecule has 0 aliphatic rings. The summed E-state index contributed by atoms with van der Waals surface area (Å²) < 4.78 is 0. The molecular formula is C14H18O2. The topological polar surface area (TPSA) is 34.1 Å². The lowest BCUT2D eigenvalue weighted by molar-refractivity contribution is 0.109. The minimum Gasteiger partial charge on any atom is -0.298 e. The second kappa shape index (κ2) is 5.06. The van der Waals surface area contributed by atoms with E-state index in [9.17, 15) is 9.59 Å². The lowest BCUT2D eigenvalue weighted by atomic mass is 9.77. The van der Waals surface area contributed by atoms with Gasteiger partial charge in [-0.05, 0) is 29.9 Å². The van der Waals surface area contributed by atoms with Crippen LogP contribution in [0.3, 0.4) is 0 Å². The van der Waals surface area contributed by atoms with Crippen molar-refractivity contribution in [2.75, 3.05) is 0 Å². The van der Waals surface area contributed by atoms with Crippen LogP contribution in [0.5, 0.6) is 0 Å². The zero-order valence-corrected chi connectivity index (χ0v) is 10.1. The van der Waals surface area contributed by atoms with E-state index in [0.717, 1.165) is 31.0 Å². The van der Waals surface area contributed by atoms with Crippen LogP contribution in [0.2, 0.25) is 0 Å². The fourth-order valence-corrected chi connectivity index (χ4v) is 1.82. The first-order valence-electron chi connectivity index (χ1n) is 5.66. The number of rotatable bonds is 5. The van der Waals surface area contributed by atoms with Crippen LogP contribution in [0.1, 0.15) is 59.9 Å². The molecular weight excluding hydrogens is 200 g/mol. The first-order chi connectivity index (χ1) is 7.61. The third kappa shape index (κ3) is 2.21. The van der Waals surface area contributed by atoms with Gasteiger partial charge in [-0.3, -0.25) is 9.59 Å². The molecule has 0 heterocycles. The summed E-state index contributed by atoms with van der Waals surface area (Å²) in [5, 5.41) is 0. The minimum atomic E-state index is 0.0825. The molecule has 1 aromatic carbocycles. The van der Waals surface area contributed by atoms with Crippen molar-refractivity contribution in [2.24, 2.45) is 0 Å². The van der Waals surface area contributed by atoms with E-state index in [2.05, 4.69) is 20.8 Å². The molecule has 0 spiro atoms. The standard InChI is InChI=1S/C14H18O2/c1-4-14(3,5-2)13-7-6-11(9-15)12(8-13)10-16/h6-10H,4-5H2,1-3H3. The van der Waals surface area contributed by atoms with Gasteiger partial charge in [-0.2, -0.15) is 0 Å². The lowest BCUT2D eigenvalue weighted by Gasteiger charge is -2.27. The molecule has 0 aromatic heterocycles. The summed E-state index contributed by atoms with van der Waals surface area (Å²) in [5.41, 5.74) is 2.17. The average molecular weight is 218 g/mol. The number of carbonyl (C=O) groups excluding carboxylic acids is 2. The lowest BCUT2D eigenvalue weighted by Crippen LogP contribution is -2.19. The molecule has 16 heavy (non-hydrogen) atoms. The zero-order valence-electron chi connectivity index (χ0n) is 10.1. The second-order valence-electron chi connectivity index (χ2n) is 4.35. The van der Waals surface area contributed by atoms with Crippen LogP contribution in [0.4, 0.5) is 0 Å². The summed E-state index contributed by atoms with van der Waals surface area (Å²) in [6.07, 6.45) is 3.51. The Morgan fingerprint density at radius 1 is 1.06 bits per heavy atom. The Kier molecular flexibility index (Phi) is 3.99. The molecule has 2 nitrogen and oxygen atoms in total. The molecule has 1 aromatic rings. The van der Waals surface area contributed by atoms with Crippen LogP contribution >= 0.6 is 0 Å². The highest BCUT2D eigenvalue weighted by Crippen LogP contribution is 2.31. The van der Waals surface area contributed by atoms with Crippen molar-refractivity contribution in [2.45, 2.75) is 39.0 Å². The van der Waals surface area contributed by atoms with Crippen molar-refractivity contribution in [1.82, 2.24) is 0 Å². The molecule has 0 aliphatic carbocycles. The normalized spacial score (nSPS) is 11.2. The molecule has 0 N–H and O–H groups in total. The molecule has 2 heteroatoms. The van der Waals surface area contributed by atoms with Gasteiger partial charge in [0.25, 0.3) is 0 Å². The Balaban J connectivity index is 3.26. The third-order valence-electron chi connectivity index (χ3n) is 3.60. The van der Waals surface area contributed by atoms with Crippen molar-refractivity contribution in [1.29, 1.82) is 0 Å². The highest BCUT2D eigenvalue weighted by molar-refractivity contribution is 5.90. The number of hydrogen-bond acceptors (Lipinski definition) is 2. The summed E-state index contributed by atoms with van der Waals surface area (Å²) in [5.74, 6) is 0. The van der Waals surface area contributed by atoms with Crippen LogP contribution in [-0.2, 0) is 5.41 Å². The predicted molar refractivity (Wildman–Crippen MR) is 65.2 cm³/mol. The van der Waals surface area contributed by atoms with Gasteiger partial charge in [0, 0.05) is 11.1 Å². The summed E-state index contributed by atoms with van der Waals surface area (Å²) in [7, 11) is 0. The Morgan fingerprint density at radius 2 is 1.62 bits per heavy atom. The van der Waals surface area contributed by atoms with E-state index in [1.54, 1.807) is 6.07 Å². The summed E-state index contributed by atoms with van der Waals surface area (Å²) in [6.45, 7) is 6.45. The van der Waals surface area contributed by atoms with E-state index >= 15 is 0 Å². The van der Waals surface area contributed by atoms with E-state index in [1.165, 1.54) is 0 Å². The Bertz CT molecular complexity index is 390. The van der Waals surface area contributed by atoms with E-state index in [4.69, 9.17) is 0 Å². The number of hydrogen-bond donors (Lipinski definition) is 0. The van der Waals surface area contributed by atoms with E-state index in [1.807, 2.05) is 12.1 Å². The maximum atomic E-state index is 10.9. The molecule has 0 radical (unpaired) electrons. The number of benzene rings is 1. The largest absolute Gasteiger partial charge is 0.298 e. The molecule has 0 bridgehead atoms. The first kappa shape index (κ1) is 12.6. The molecule has 0 unspecified atom stereocenters. The SMILES string of the molecule is CCC(C)(CC)c1ccc(C=O)c(C=O)c1. The highest BCUT2D eigenvalue weighted by atomic mass is 16.1. The van der Waals surface area contributed by atoms with Crippen molar-refractivity contribution in [3.05, 3.63) is 34.9 Å². The monoisotopic (exact) mass is 218 g/mol. The summed E-state index contributed by atoms with van der Waals surface area (Å²) in [6, 6.07) is 5.52. The van der Waals surface area contributed by atoms with E-state index in [-0.39, 0.29) is 5.41 Å². The molecule has 0 saturated heterocycles. The highest BCUT2D eigenvalue weighted by Gasteiger charge is 2.22. The Hall–Kier alpha value is -1.44. The minimum absolute atomic E-state index is 0.0825. The van der Waals surface area contributed by atoms with Crippen molar-refractivity contribution >= 4 is 12.6 Å². The molecule has 0 amide bonds. The van der Waals surface area contributed by atoms with Crippen molar-refractivity contribution < 1.29 is 9.59 Å². The van der Waals surface area contributed by atoms with Crippen LogP contribution in [0.15, 0.2) is 18.2 Å². The molecule has 0 fully saturated rings. The quantitative estimate of drug-likeness (QED) is 0.710. The second-order valence-corrected chi connectivity index (χ2v) is 4.35. The zero-order chi connectivity index (χ0) is 12.2. The molecule has 0 atom stereocenters. The number of aldehydes is 2. The van der Waals surface area contributed by atoms with Gasteiger partial charge in [-0.1, -0.05) is 32.9 Å². The van der Waals surface area contributed by atoms with Gasteiger partial charge in [0.1, 0.15) is 0 Å². The summed E-state index contributed by atoms with van der Waals surface area (Å²) in [4.78, 5) is 21.6. The van der Waals surface area contributed by atoms with Gasteiger partial charge < -0.3 is 0 Å². The maximum absolute atomic E-state index is 10.9. The molecule has 1 rings (SSSR count). The smallest absolute Gasteiger partial charge is 0.150 e. The van der Waals surface area contributed by atoms with Crippen molar-refractivity contribution in [3.8, 4) is 0 Å². The van der Waals surface area contributed by atoms with Crippen LogP contribution in [0, 0.1) is 0 Å². The molecule has 0 aliphatic heterocycles. The van der Waals surface area contributed by atoms with Gasteiger partial charge in [0.05, 0.1) is 0 Å². The predicted octanol–water partition coefficient (Wildman–Crippen LogP) is 3.39. The Labute approximate surface area is 96.7 Å². The van der Waals surface area contributed by atoms with Gasteiger partial charge in [-0.15, -0.1) is 0 Å². The van der Waals surface area contributed by atoms with E-state index < -0.39 is 0 Å². The van der Waals surface area contributed by atoms with Gasteiger partial charge >= 0.3 is 0 Å². The van der Waals surface area contributed by atoms with Gasteiger partial charge in [-0.25, -0.2) is 0 Å². The van der Waals surface area contributed by atoms with E-state index in [0.29, 0.717) is 11.1 Å². The maximum Gasteiger partial charge on any atom is 0.150 e. The van der Waals surface area contributed by atoms with Crippen LogP contribution < -0.4 is 0 Å². The fourth-order valence-electron chi connectivity index (χ4n) is 1.82. The average Bonchev–Trinajstić information content (AvgIpc) is 2.36. The van der Waals surface area contributed by atoms with Gasteiger partial charge in [0.15, 0.2) is 12.6 Å². The van der Waals surface area contributed by atoms with Crippen molar-refractivity contribution in [3.63, 3.8) is 0 Å². The van der Waals surface area contributed by atoms with Gasteiger partial charge in [0.2, 0.25) is 0 Å². The fraction of sp³-hybridized carbons (Fsp3) is 0.429.